The Balaban J connectivity index is 2.29. The van der Waals surface area contributed by atoms with Crippen molar-refractivity contribution < 1.29 is 19.1 Å². The summed E-state index contributed by atoms with van der Waals surface area (Å²) >= 11 is 0. The van der Waals surface area contributed by atoms with Gasteiger partial charge in [-0.25, -0.2) is 4.79 Å². The molecule has 1 rings (SSSR count). The molecule has 23 heavy (non-hydrogen) atoms. The van der Waals surface area contributed by atoms with Crippen LogP contribution in [0, 0.1) is 5.92 Å². The minimum absolute atomic E-state index is 0.0520. The Hall–Kier alpha value is -1.34. The monoisotopic (exact) mass is 329 g/mol. The lowest BCUT2D eigenvalue weighted by molar-refractivity contribution is -0.121. The van der Waals surface area contributed by atoms with Crippen LogP contribution in [-0.2, 0) is 14.3 Å². The summed E-state index contributed by atoms with van der Waals surface area (Å²) in [6, 6.07) is 0.334. The Morgan fingerprint density at radius 1 is 1.22 bits per heavy atom. The summed E-state index contributed by atoms with van der Waals surface area (Å²) < 4.78 is 10.1. The van der Waals surface area contributed by atoms with E-state index in [4.69, 9.17) is 9.47 Å². The van der Waals surface area contributed by atoms with Gasteiger partial charge in [0.2, 0.25) is 5.91 Å². The number of hydrogen-bond acceptors (Lipinski definition) is 5. The molecule has 0 aromatic rings. The predicted octanol–water partition coefficient (Wildman–Crippen LogP) is 0.986. The maximum Gasteiger partial charge on any atom is 0.407 e. The standard InChI is InChI=1S/C16H31N3O4/c1-4-23-16(21)17-6-5-15(20)18-12-14(11-13(2)3)19-7-9-22-10-8-19/h13-14H,4-12H2,1-3H3,(H,17,21)(H,18,20)/t14-/m0/s1. The van der Waals surface area contributed by atoms with E-state index in [1.165, 1.54) is 0 Å². The number of carbonyl (C=O) groups is 2. The Morgan fingerprint density at radius 3 is 2.52 bits per heavy atom. The topological polar surface area (TPSA) is 79.9 Å². The van der Waals surface area contributed by atoms with Crippen LogP contribution in [0.25, 0.3) is 0 Å². The molecule has 0 spiro atoms. The van der Waals surface area contributed by atoms with Crippen LogP contribution in [0.4, 0.5) is 4.79 Å². The van der Waals surface area contributed by atoms with Gasteiger partial charge < -0.3 is 20.1 Å². The summed E-state index contributed by atoms with van der Waals surface area (Å²) in [7, 11) is 0. The normalized spacial score (nSPS) is 16.9. The molecule has 0 aliphatic carbocycles. The molecule has 0 bridgehead atoms. The third kappa shape index (κ3) is 8.76. The lowest BCUT2D eigenvalue weighted by Gasteiger charge is -2.35. The summed E-state index contributed by atoms with van der Waals surface area (Å²) in [5.41, 5.74) is 0. The van der Waals surface area contributed by atoms with Crippen LogP contribution in [0.3, 0.4) is 0 Å². The quantitative estimate of drug-likeness (QED) is 0.659. The molecule has 134 valence electrons. The van der Waals surface area contributed by atoms with Crippen LogP contribution in [0.5, 0.6) is 0 Å². The molecule has 1 aliphatic rings. The molecule has 2 amide bonds. The van der Waals surface area contributed by atoms with Crippen molar-refractivity contribution in [3.63, 3.8) is 0 Å². The van der Waals surface area contributed by atoms with Crippen molar-refractivity contribution in [3.05, 3.63) is 0 Å². The number of carbonyl (C=O) groups excluding carboxylic acids is 2. The van der Waals surface area contributed by atoms with Gasteiger partial charge in [0.05, 0.1) is 19.8 Å². The zero-order valence-corrected chi connectivity index (χ0v) is 14.6. The first-order chi connectivity index (χ1) is 11.0. The molecule has 0 radical (unpaired) electrons. The maximum absolute atomic E-state index is 11.9. The van der Waals surface area contributed by atoms with Crippen LogP contribution in [-0.4, -0.2) is 68.9 Å². The highest BCUT2D eigenvalue weighted by molar-refractivity contribution is 5.77. The van der Waals surface area contributed by atoms with Crippen molar-refractivity contribution in [2.24, 2.45) is 5.92 Å². The first-order valence-electron chi connectivity index (χ1n) is 8.52. The Morgan fingerprint density at radius 2 is 1.91 bits per heavy atom. The predicted molar refractivity (Wildman–Crippen MR) is 88.3 cm³/mol. The first-order valence-corrected chi connectivity index (χ1v) is 8.52. The molecule has 0 saturated carbocycles. The Bertz CT molecular complexity index is 357. The second-order valence-electron chi connectivity index (χ2n) is 6.13. The molecule has 0 aromatic heterocycles. The van der Waals surface area contributed by atoms with Crippen molar-refractivity contribution in [2.45, 2.75) is 39.7 Å². The van der Waals surface area contributed by atoms with Gasteiger partial charge in [-0.15, -0.1) is 0 Å². The van der Waals surface area contributed by atoms with Crippen molar-refractivity contribution in [1.82, 2.24) is 15.5 Å². The molecule has 0 aromatic carbocycles. The molecule has 7 nitrogen and oxygen atoms in total. The second-order valence-corrected chi connectivity index (χ2v) is 6.13. The number of morpholine rings is 1. The van der Waals surface area contributed by atoms with E-state index in [1.807, 2.05) is 0 Å². The van der Waals surface area contributed by atoms with Crippen LogP contribution >= 0.6 is 0 Å². The van der Waals surface area contributed by atoms with E-state index in [-0.39, 0.29) is 18.9 Å². The van der Waals surface area contributed by atoms with Crippen LogP contribution in [0.15, 0.2) is 0 Å². The van der Waals surface area contributed by atoms with Crippen molar-refractivity contribution >= 4 is 12.0 Å². The van der Waals surface area contributed by atoms with Crippen LogP contribution < -0.4 is 10.6 Å². The molecule has 1 saturated heterocycles. The number of amides is 2. The lowest BCUT2D eigenvalue weighted by atomic mass is 10.0. The van der Waals surface area contributed by atoms with E-state index in [0.29, 0.717) is 25.1 Å². The zero-order chi connectivity index (χ0) is 17.1. The Labute approximate surface area is 139 Å². The summed E-state index contributed by atoms with van der Waals surface area (Å²) in [6.07, 6.45) is 0.823. The van der Waals surface area contributed by atoms with E-state index in [9.17, 15) is 9.59 Å². The molecular formula is C16H31N3O4. The lowest BCUT2D eigenvalue weighted by Crippen LogP contribution is -2.49. The zero-order valence-electron chi connectivity index (χ0n) is 14.6. The SMILES string of the molecule is CCOC(=O)NCCC(=O)NC[C@H](CC(C)C)N1CCOCC1. The van der Waals surface area contributed by atoms with Gasteiger partial charge in [-0.2, -0.15) is 0 Å². The summed E-state index contributed by atoms with van der Waals surface area (Å²) in [6.45, 7) is 10.7. The van der Waals surface area contributed by atoms with Crippen LogP contribution in [0.1, 0.15) is 33.6 Å². The highest BCUT2D eigenvalue weighted by Gasteiger charge is 2.22. The van der Waals surface area contributed by atoms with E-state index in [1.54, 1.807) is 6.92 Å². The van der Waals surface area contributed by atoms with Crippen LogP contribution in [0.2, 0.25) is 0 Å². The van der Waals surface area contributed by atoms with Gasteiger partial charge in [0.1, 0.15) is 0 Å². The first kappa shape index (κ1) is 19.7. The van der Waals surface area contributed by atoms with Gasteiger partial charge in [-0.1, -0.05) is 13.8 Å². The van der Waals surface area contributed by atoms with E-state index in [0.717, 1.165) is 32.7 Å². The number of ether oxygens (including phenoxy) is 2. The largest absolute Gasteiger partial charge is 0.450 e. The number of alkyl carbamates (subject to hydrolysis) is 1. The summed E-state index contributed by atoms with van der Waals surface area (Å²) in [4.78, 5) is 25.4. The smallest absolute Gasteiger partial charge is 0.407 e. The summed E-state index contributed by atoms with van der Waals surface area (Å²) in [5, 5.41) is 5.53. The fourth-order valence-electron chi connectivity index (χ4n) is 2.63. The third-order valence-corrected chi connectivity index (χ3v) is 3.74. The number of nitrogens with one attached hydrogen (secondary N) is 2. The van der Waals surface area contributed by atoms with Gasteiger partial charge in [-0.3, -0.25) is 9.69 Å². The van der Waals surface area contributed by atoms with Gasteiger partial charge >= 0.3 is 6.09 Å². The molecule has 0 unspecified atom stereocenters. The fourth-order valence-corrected chi connectivity index (χ4v) is 2.63. The van der Waals surface area contributed by atoms with Crippen molar-refractivity contribution in [2.75, 3.05) is 46.0 Å². The number of nitrogens with zero attached hydrogens (tertiary/aromatic N) is 1. The van der Waals surface area contributed by atoms with Crippen molar-refractivity contribution in [1.29, 1.82) is 0 Å². The molecule has 1 aliphatic heterocycles. The molecule has 1 atom stereocenters. The van der Waals surface area contributed by atoms with E-state index < -0.39 is 6.09 Å². The molecule has 1 heterocycles. The number of rotatable bonds is 9. The van der Waals surface area contributed by atoms with E-state index >= 15 is 0 Å². The molecule has 1 fully saturated rings. The minimum atomic E-state index is -0.480. The minimum Gasteiger partial charge on any atom is -0.450 e. The highest BCUT2D eigenvalue weighted by Crippen LogP contribution is 2.13. The van der Waals surface area contributed by atoms with Crippen molar-refractivity contribution in [3.8, 4) is 0 Å². The average molecular weight is 329 g/mol. The summed E-state index contributed by atoms with van der Waals surface area (Å²) in [5.74, 6) is 0.522. The van der Waals surface area contributed by atoms with Gasteiger partial charge in [0.25, 0.3) is 0 Å². The maximum atomic E-state index is 11.9. The fraction of sp³-hybridized carbons (Fsp3) is 0.875. The third-order valence-electron chi connectivity index (χ3n) is 3.74. The molecule has 2 N–H and O–H groups in total. The highest BCUT2D eigenvalue weighted by atomic mass is 16.5. The van der Waals surface area contributed by atoms with Gasteiger partial charge in [0.15, 0.2) is 0 Å². The Kier molecular flexibility index (Phi) is 9.63. The van der Waals surface area contributed by atoms with Gasteiger partial charge in [0, 0.05) is 38.6 Å². The molecule has 7 heteroatoms. The average Bonchev–Trinajstić information content (AvgIpc) is 2.52. The molecular weight excluding hydrogens is 298 g/mol. The van der Waals surface area contributed by atoms with E-state index in [2.05, 4.69) is 29.4 Å². The number of hydrogen-bond donors (Lipinski definition) is 2. The second kappa shape index (κ2) is 11.2. The van der Waals surface area contributed by atoms with Gasteiger partial charge in [-0.05, 0) is 19.3 Å².